The molecule has 0 atom stereocenters. The summed E-state index contributed by atoms with van der Waals surface area (Å²) in [4.78, 5) is 15.3. The van der Waals surface area contributed by atoms with Crippen molar-refractivity contribution in [3.63, 3.8) is 0 Å². The molecular formula is C16H15ClN2O2. The van der Waals surface area contributed by atoms with E-state index in [1.54, 1.807) is 0 Å². The first-order valence-corrected chi connectivity index (χ1v) is 7.29. The largest absolute Gasteiger partial charge is 0.478 e. The summed E-state index contributed by atoms with van der Waals surface area (Å²) in [5, 5.41) is 12.5. The predicted molar refractivity (Wildman–Crippen MR) is 82.6 cm³/mol. The molecular weight excluding hydrogens is 288 g/mol. The predicted octanol–water partition coefficient (Wildman–Crippen LogP) is 4.06. The number of anilines is 2. The van der Waals surface area contributed by atoms with E-state index in [1.165, 1.54) is 36.2 Å². The van der Waals surface area contributed by atoms with Gasteiger partial charge in [-0.25, -0.2) is 9.78 Å². The Morgan fingerprint density at radius 2 is 2.10 bits per heavy atom. The van der Waals surface area contributed by atoms with Crippen molar-refractivity contribution in [1.82, 2.24) is 4.98 Å². The number of hydrogen-bond acceptors (Lipinski definition) is 3. The van der Waals surface area contributed by atoms with Gasteiger partial charge >= 0.3 is 5.97 Å². The summed E-state index contributed by atoms with van der Waals surface area (Å²) < 4.78 is 0. The maximum Gasteiger partial charge on any atom is 0.337 e. The van der Waals surface area contributed by atoms with Crippen LogP contribution >= 0.6 is 11.6 Å². The zero-order valence-electron chi connectivity index (χ0n) is 11.4. The molecule has 2 N–H and O–H groups in total. The van der Waals surface area contributed by atoms with Gasteiger partial charge < -0.3 is 10.4 Å². The Labute approximate surface area is 127 Å². The van der Waals surface area contributed by atoms with E-state index in [2.05, 4.69) is 16.4 Å². The Bertz CT molecular complexity index is 701. The summed E-state index contributed by atoms with van der Waals surface area (Å²) in [5.74, 6) is -0.559. The maximum absolute atomic E-state index is 11.1. The number of carbonyl (C=O) groups is 1. The lowest BCUT2D eigenvalue weighted by molar-refractivity contribution is 0.0697. The Kier molecular flexibility index (Phi) is 3.80. The van der Waals surface area contributed by atoms with Crippen LogP contribution in [0.15, 0.2) is 30.5 Å². The van der Waals surface area contributed by atoms with Crippen molar-refractivity contribution in [3.05, 3.63) is 52.2 Å². The lowest BCUT2D eigenvalue weighted by Crippen LogP contribution is -2.07. The van der Waals surface area contributed by atoms with Crippen LogP contribution in [0.5, 0.6) is 0 Å². The monoisotopic (exact) mass is 302 g/mol. The van der Waals surface area contributed by atoms with E-state index in [9.17, 15) is 4.79 Å². The second-order valence-corrected chi connectivity index (χ2v) is 5.54. The van der Waals surface area contributed by atoms with E-state index in [1.807, 2.05) is 12.1 Å². The number of halogens is 1. The number of aromatic nitrogens is 1. The number of pyridine rings is 1. The van der Waals surface area contributed by atoms with Crippen molar-refractivity contribution < 1.29 is 9.90 Å². The van der Waals surface area contributed by atoms with E-state index >= 15 is 0 Å². The molecule has 0 saturated heterocycles. The molecule has 0 aliphatic heterocycles. The average Bonchev–Trinajstić information content (AvgIpc) is 2.49. The summed E-state index contributed by atoms with van der Waals surface area (Å²) in [6.45, 7) is 0. The van der Waals surface area contributed by atoms with E-state index in [4.69, 9.17) is 16.7 Å². The third-order valence-electron chi connectivity index (χ3n) is 3.74. The van der Waals surface area contributed by atoms with Crippen LogP contribution < -0.4 is 5.32 Å². The zero-order chi connectivity index (χ0) is 14.8. The highest BCUT2D eigenvalue weighted by Gasteiger charge is 2.15. The van der Waals surface area contributed by atoms with Gasteiger partial charge in [-0.3, -0.25) is 0 Å². The third kappa shape index (κ3) is 2.85. The Morgan fingerprint density at radius 3 is 2.90 bits per heavy atom. The summed E-state index contributed by atoms with van der Waals surface area (Å²) in [7, 11) is 0. The van der Waals surface area contributed by atoms with Gasteiger partial charge in [0.2, 0.25) is 0 Å². The minimum atomic E-state index is -1.06. The summed E-state index contributed by atoms with van der Waals surface area (Å²) in [6.07, 6.45) is 5.90. The highest BCUT2D eigenvalue weighted by molar-refractivity contribution is 6.33. The van der Waals surface area contributed by atoms with Gasteiger partial charge in [-0.15, -0.1) is 0 Å². The highest BCUT2D eigenvalue weighted by atomic mass is 35.5. The number of aryl methyl sites for hydroxylation is 1. The van der Waals surface area contributed by atoms with Gasteiger partial charge in [0, 0.05) is 11.9 Å². The summed E-state index contributed by atoms with van der Waals surface area (Å²) in [5.41, 5.74) is 3.72. The molecule has 5 heteroatoms. The van der Waals surface area contributed by atoms with Gasteiger partial charge in [0.25, 0.3) is 0 Å². The second kappa shape index (κ2) is 5.74. The molecule has 0 saturated carbocycles. The molecule has 1 heterocycles. The molecule has 1 aromatic carbocycles. The van der Waals surface area contributed by atoms with Gasteiger partial charge in [-0.05, 0) is 48.9 Å². The molecule has 0 fully saturated rings. The van der Waals surface area contributed by atoms with Crippen LogP contribution in [0.25, 0.3) is 0 Å². The fourth-order valence-corrected chi connectivity index (χ4v) is 2.89. The molecule has 0 spiro atoms. The van der Waals surface area contributed by atoms with Crippen molar-refractivity contribution in [3.8, 4) is 0 Å². The number of nitrogens with one attached hydrogen (secondary N) is 1. The molecule has 0 amide bonds. The molecule has 21 heavy (non-hydrogen) atoms. The van der Waals surface area contributed by atoms with Gasteiger partial charge in [-0.2, -0.15) is 0 Å². The first kappa shape index (κ1) is 13.9. The average molecular weight is 303 g/mol. The number of benzene rings is 1. The van der Waals surface area contributed by atoms with Crippen LogP contribution in [-0.2, 0) is 12.8 Å². The fourth-order valence-electron chi connectivity index (χ4n) is 2.71. The molecule has 4 nitrogen and oxygen atoms in total. The lowest BCUT2D eigenvalue weighted by Gasteiger charge is -2.20. The molecule has 2 aromatic rings. The van der Waals surface area contributed by atoms with Crippen molar-refractivity contribution in [1.29, 1.82) is 0 Å². The van der Waals surface area contributed by atoms with E-state index in [0.717, 1.165) is 18.5 Å². The number of aromatic carboxylic acids is 1. The standard InChI is InChI=1S/C16H15ClN2O2/c17-13-9-18-15(8-12(13)16(20)21)19-14-7-3-5-10-4-1-2-6-11(10)14/h3,5,7-9H,1-2,4,6H2,(H,18,19)(H,20,21). The number of hydrogen-bond donors (Lipinski definition) is 2. The van der Waals surface area contributed by atoms with Crippen molar-refractivity contribution >= 4 is 29.1 Å². The van der Waals surface area contributed by atoms with Gasteiger partial charge in [0.05, 0.1) is 10.6 Å². The highest BCUT2D eigenvalue weighted by Crippen LogP contribution is 2.30. The first-order chi connectivity index (χ1) is 10.1. The SMILES string of the molecule is O=C(O)c1cc(Nc2cccc3c2CCCC3)ncc1Cl. The summed E-state index contributed by atoms with van der Waals surface area (Å²) >= 11 is 5.84. The molecule has 1 aliphatic rings. The minimum absolute atomic E-state index is 0.0546. The molecule has 0 bridgehead atoms. The molecule has 0 unspecified atom stereocenters. The second-order valence-electron chi connectivity index (χ2n) is 5.13. The quantitative estimate of drug-likeness (QED) is 0.897. The lowest BCUT2D eigenvalue weighted by atomic mass is 9.90. The van der Waals surface area contributed by atoms with Crippen molar-refractivity contribution in [2.24, 2.45) is 0 Å². The van der Waals surface area contributed by atoms with Crippen LogP contribution in [0, 0.1) is 0 Å². The van der Waals surface area contributed by atoms with Gasteiger partial charge in [-0.1, -0.05) is 23.7 Å². The molecule has 1 aliphatic carbocycles. The molecule has 1 aromatic heterocycles. The van der Waals surface area contributed by atoms with Crippen LogP contribution in [0.4, 0.5) is 11.5 Å². The number of fused-ring (bicyclic) bond motifs is 1. The first-order valence-electron chi connectivity index (χ1n) is 6.92. The number of rotatable bonds is 3. The van der Waals surface area contributed by atoms with Crippen LogP contribution in [0.3, 0.4) is 0 Å². The Balaban J connectivity index is 1.94. The topological polar surface area (TPSA) is 62.2 Å². The smallest absolute Gasteiger partial charge is 0.337 e. The number of carboxylic acid groups (broad SMARTS) is 1. The number of carboxylic acids is 1. The van der Waals surface area contributed by atoms with Gasteiger partial charge in [0.1, 0.15) is 5.82 Å². The minimum Gasteiger partial charge on any atom is -0.478 e. The fraction of sp³-hybridized carbons (Fsp3) is 0.250. The van der Waals surface area contributed by atoms with E-state index < -0.39 is 5.97 Å². The van der Waals surface area contributed by atoms with E-state index in [-0.39, 0.29) is 10.6 Å². The van der Waals surface area contributed by atoms with Crippen molar-refractivity contribution in [2.75, 3.05) is 5.32 Å². The molecule has 0 radical (unpaired) electrons. The third-order valence-corrected chi connectivity index (χ3v) is 4.05. The molecule has 108 valence electrons. The maximum atomic E-state index is 11.1. The van der Waals surface area contributed by atoms with E-state index in [0.29, 0.717) is 5.82 Å². The van der Waals surface area contributed by atoms with Crippen molar-refractivity contribution in [2.45, 2.75) is 25.7 Å². The Hall–Kier alpha value is -2.07. The van der Waals surface area contributed by atoms with Crippen LogP contribution in [-0.4, -0.2) is 16.1 Å². The summed E-state index contributed by atoms with van der Waals surface area (Å²) in [6, 6.07) is 7.63. The van der Waals surface area contributed by atoms with Crippen LogP contribution in [0.2, 0.25) is 5.02 Å². The van der Waals surface area contributed by atoms with Crippen LogP contribution in [0.1, 0.15) is 34.3 Å². The number of nitrogens with zero attached hydrogens (tertiary/aromatic N) is 1. The molecule has 3 rings (SSSR count). The normalized spacial score (nSPS) is 13.6. The Morgan fingerprint density at radius 1 is 1.29 bits per heavy atom. The zero-order valence-corrected chi connectivity index (χ0v) is 12.2. The van der Waals surface area contributed by atoms with Gasteiger partial charge in [0.15, 0.2) is 0 Å².